The van der Waals surface area contributed by atoms with Crippen LogP contribution in [-0.4, -0.2) is 26.2 Å². The molecule has 1 saturated carbocycles. The third-order valence-corrected chi connectivity index (χ3v) is 6.61. The Morgan fingerprint density at radius 1 is 1.14 bits per heavy atom. The quantitative estimate of drug-likeness (QED) is 0.591. The van der Waals surface area contributed by atoms with E-state index in [1.54, 1.807) is 0 Å². The first-order chi connectivity index (χ1) is 13.3. The van der Waals surface area contributed by atoms with Gasteiger partial charge in [-0.05, 0) is 58.6 Å². The molecule has 1 amide bonds. The van der Waals surface area contributed by atoms with Gasteiger partial charge in [0.05, 0.1) is 11.3 Å². The first-order valence-electron chi connectivity index (χ1n) is 9.69. The third-order valence-electron chi connectivity index (χ3n) is 5.76. The number of rotatable bonds is 5. The van der Waals surface area contributed by atoms with Crippen LogP contribution in [0.5, 0.6) is 0 Å². The van der Waals surface area contributed by atoms with E-state index in [1.807, 2.05) is 34.6 Å². The molecule has 2 aromatic rings. The van der Waals surface area contributed by atoms with Crippen LogP contribution in [0.15, 0.2) is 5.16 Å². The average molecular weight is 398 g/mol. The molecule has 1 fully saturated rings. The summed E-state index contributed by atoms with van der Waals surface area (Å²) in [7, 11) is 0. The number of hydrogen-bond donors (Lipinski definition) is 1. The van der Waals surface area contributed by atoms with Crippen molar-refractivity contribution in [1.29, 1.82) is 5.26 Å². The maximum atomic E-state index is 12.7. The second kappa shape index (κ2) is 8.36. The van der Waals surface area contributed by atoms with Crippen molar-refractivity contribution in [2.24, 2.45) is 0 Å². The second-order valence-corrected chi connectivity index (χ2v) is 8.44. The zero-order chi connectivity index (χ0) is 20.4. The molecule has 0 aliphatic heterocycles. The lowest BCUT2D eigenvalue weighted by atomic mass is 10.2. The van der Waals surface area contributed by atoms with Crippen LogP contribution in [0.25, 0.3) is 0 Å². The van der Waals surface area contributed by atoms with E-state index < -0.39 is 0 Å². The van der Waals surface area contributed by atoms with Crippen LogP contribution in [0.2, 0.25) is 0 Å². The van der Waals surface area contributed by atoms with Gasteiger partial charge >= 0.3 is 0 Å². The maximum absolute atomic E-state index is 12.7. The number of aromatic nitrogens is 3. The Hall–Kier alpha value is -2.33. The summed E-state index contributed by atoms with van der Waals surface area (Å²) in [5, 5.41) is 13.3. The van der Waals surface area contributed by atoms with Crippen molar-refractivity contribution in [2.75, 3.05) is 11.1 Å². The van der Waals surface area contributed by atoms with Crippen LogP contribution in [0.1, 0.15) is 65.5 Å². The summed E-state index contributed by atoms with van der Waals surface area (Å²) < 4.78 is 2.17. The van der Waals surface area contributed by atoms with Gasteiger partial charge in [0.15, 0.2) is 5.16 Å². The first kappa shape index (κ1) is 20.4. The Kier molecular flexibility index (Phi) is 6.09. The summed E-state index contributed by atoms with van der Waals surface area (Å²) in [6.07, 6.45) is 4.56. The summed E-state index contributed by atoms with van der Waals surface area (Å²) >= 11 is 1.32. The number of amides is 1. The van der Waals surface area contributed by atoms with Gasteiger partial charge in [0, 0.05) is 23.1 Å². The van der Waals surface area contributed by atoms with Crippen molar-refractivity contribution >= 4 is 23.5 Å². The van der Waals surface area contributed by atoms with Crippen molar-refractivity contribution in [3.63, 3.8) is 0 Å². The van der Waals surface area contributed by atoms with Crippen molar-refractivity contribution in [1.82, 2.24) is 14.5 Å². The number of hydrogen-bond acceptors (Lipinski definition) is 5. The van der Waals surface area contributed by atoms with E-state index >= 15 is 0 Å². The number of nitrogens with one attached hydrogen (secondary N) is 1. The van der Waals surface area contributed by atoms with Crippen LogP contribution < -0.4 is 5.32 Å². The number of aryl methyl sites for hydroxylation is 2. The first-order valence-corrected chi connectivity index (χ1v) is 10.7. The molecule has 0 atom stereocenters. The van der Waals surface area contributed by atoms with Crippen LogP contribution in [-0.2, 0) is 4.79 Å². The lowest BCUT2D eigenvalue weighted by molar-refractivity contribution is -0.113. The van der Waals surface area contributed by atoms with E-state index in [0.717, 1.165) is 41.1 Å². The SMILES string of the molecule is Cc1nc(SCC(=O)Nc2c(C#N)c(C)c(C)n2C2CCCC2)nc(C)c1C. The van der Waals surface area contributed by atoms with E-state index in [9.17, 15) is 10.1 Å². The zero-order valence-corrected chi connectivity index (χ0v) is 18.0. The van der Waals surface area contributed by atoms with Gasteiger partial charge in [-0.25, -0.2) is 9.97 Å². The summed E-state index contributed by atoms with van der Waals surface area (Å²) in [6, 6.07) is 2.64. The van der Waals surface area contributed by atoms with Crippen molar-refractivity contribution in [2.45, 2.75) is 71.5 Å². The largest absolute Gasteiger partial charge is 0.327 e. The lowest BCUT2D eigenvalue weighted by Gasteiger charge is -2.19. The monoisotopic (exact) mass is 397 g/mol. The van der Waals surface area contributed by atoms with Crippen LogP contribution in [0.3, 0.4) is 0 Å². The molecule has 1 aliphatic rings. The van der Waals surface area contributed by atoms with Gasteiger partial charge in [-0.3, -0.25) is 4.79 Å². The summed E-state index contributed by atoms with van der Waals surface area (Å²) in [4.78, 5) is 21.6. The van der Waals surface area contributed by atoms with E-state index in [2.05, 4.69) is 25.9 Å². The Bertz CT molecular complexity index is 928. The molecular weight excluding hydrogens is 370 g/mol. The fraction of sp³-hybridized carbons (Fsp3) is 0.524. The Labute approximate surface area is 170 Å². The topological polar surface area (TPSA) is 83.6 Å². The van der Waals surface area contributed by atoms with Crippen LogP contribution in [0, 0.1) is 45.9 Å². The third kappa shape index (κ3) is 3.93. The molecule has 0 spiro atoms. The average Bonchev–Trinajstić information content (AvgIpc) is 3.25. The minimum absolute atomic E-state index is 0.141. The minimum Gasteiger partial charge on any atom is -0.327 e. The van der Waals surface area contributed by atoms with E-state index in [-0.39, 0.29) is 11.7 Å². The fourth-order valence-corrected chi connectivity index (χ4v) is 4.55. The Balaban J connectivity index is 1.78. The van der Waals surface area contributed by atoms with E-state index in [4.69, 9.17) is 0 Å². The Morgan fingerprint density at radius 2 is 1.75 bits per heavy atom. The molecule has 2 heterocycles. The van der Waals surface area contributed by atoms with Crippen LogP contribution >= 0.6 is 11.8 Å². The summed E-state index contributed by atoms with van der Waals surface area (Å²) in [5.74, 6) is 0.714. The molecule has 1 aliphatic carbocycles. The zero-order valence-electron chi connectivity index (χ0n) is 17.2. The maximum Gasteiger partial charge on any atom is 0.235 e. The Morgan fingerprint density at radius 3 is 2.32 bits per heavy atom. The van der Waals surface area contributed by atoms with Crippen molar-refractivity contribution < 1.29 is 4.79 Å². The smallest absolute Gasteiger partial charge is 0.235 e. The van der Waals surface area contributed by atoms with E-state index in [1.165, 1.54) is 24.6 Å². The van der Waals surface area contributed by atoms with Gasteiger partial charge in [0.2, 0.25) is 5.91 Å². The fourth-order valence-electron chi connectivity index (χ4n) is 3.81. The van der Waals surface area contributed by atoms with Gasteiger partial charge < -0.3 is 9.88 Å². The predicted octanol–water partition coefficient (Wildman–Crippen LogP) is 4.54. The van der Waals surface area contributed by atoms with Gasteiger partial charge in [0.25, 0.3) is 0 Å². The van der Waals surface area contributed by atoms with E-state index in [0.29, 0.717) is 22.6 Å². The standard InChI is InChI=1S/C21H27N5OS/c1-12-14(3)23-21(24-15(12)4)28-11-19(27)25-20-18(10-22)13(2)16(5)26(20)17-8-6-7-9-17/h17H,6-9,11H2,1-5H3,(H,25,27). The predicted molar refractivity (Wildman–Crippen MR) is 112 cm³/mol. The number of nitrogens with zero attached hydrogens (tertiary/aromatic N) is 4. The molecule has 7 heteroatoms. The number of thioether (sulfide) groups is 1. The molecule has 148 valence electrons. The molecule has 0 unspecified atom stereocenters. The lowest BCUT2D eigenvalue weighted by Crippen LogP contribution is -2.20. The second-order valence-electron chi connectivity index (χ2n) is 7.49. The molecule has 0 saturated heterocycles. The molecule has 28 heavy (non-hydrogen) atoms. The molecule has 0 bridgehead atoms. The van der Waals surface area contributed by atoms with Gasteiger partial charge in [-0.2, -0.15) is 5.26 Å². The van der Waals surface area contributed by atoms with Crippen molar-refractivity contribution in [3.8, 4) is 6.07 Å². The van der Waals surface area contributed by atoms with Crippen LogP contribution in [0.4, 0.5) is 5.82 Å². The molecule has 3 rings (SSSR count). The highest BCUT2D eigenvalue weighted by molar-refractivity contribution is 7.99. The molecule has 0 radical (unpaired) electrons. The number of anilines is 1. The molecule has 1 N–H and O–H groups in total. The highest BCUT2D eigenvalue weighted by Crippen LogP contribution is 2.37. The molecular formula is C21H27N5OS. The number of nitriles is 1. The number of carbonyl (C=O) groups excluding carboxylic acids is 1. The minimum atomic E-state index is -0.141. The summed E-state index contributed by atoms with van der Waals surface area (Å²) in [6.45, 7) is 9.89. The number of carbonyl (C=O) groups is 1. The summed E-state index contributed by atoms with van der Waals surface area (Å²) in [5.41, 5.74) is 5.53. The molecule has 6 nitrogen and oxygen atoms in total. The molecule has 2 aromatic heterocycles. The highest BCUT2D eigenvalue weighted by atomic mass is 32.2. The van der Waals surface area contributed by atoms with Crippen molar-refractivity contribution in [3.05, 3.63) is 33.8 Å². The normalized spacial score (nSPS) is 14.3. The van der Waals surface area contributed by atoms with Gasteiger partial charge in [0.1, 0.15) is 11.9 Å². The highest BCUT2D eigenvalue weighted by Gasteiger charge is 2.26. The van der Waals surface area contributed by atoms with Gasteiger partial charge in [-0.1, -0.05) is 24.6 Å². The molecule has 0 aromatic carbocycles. The van der Waals surface area contributed by atoms with Gasteiger partial charge in [-0.15, -0.1) is 0 Å².